The molecular formula is C16H30N2O4SSi. The number of thiazole rings is 1. The van der Waals surface area contributed by atoms with E-state index >= 15 is 0 Å². The van der Waals surface area contributed by atoms with Gasteiger partial charge in [0, 0.05) is 19.0 Å². The van der Waals surface area contributed by atoms with Crippen molar-refractivity contribution in [2.75, 3.05) is 32.7 Å². The highest BCUT2D eigenvalue weighted by molar-refractivity contribution is 7.13. The molecule has 1 aromatic heterocycles. The molecule has 0 aliphatic heterocycles. The molecule has 1 aromatic rings. The number of aromatic nitrogens is 1. The molecule has 6 nitrogen and oxygen atoms in total. The molecule has 0 saturated carbocycles. The van der Waals surface area contributed by atoms with Crippen LogP contribution < -0.4 is 5.32 Å². The Morgan fingerprint density at radius 1 is 1.38 bits per heavy atom. The summed E-state index contributed by atoms with van der Waals surface area (Å²) in [5.74, 6) is -0.419. The molecule has 24 heavy (non-hydrogen) atoms. The van der Waals surface area contributed by atoms with Gasteiger partial charge in [0.05, 0.1) is 19.8 Å². The molecule has 0 saturated heterocycles. The third kappa shape index (κ3) is 6.16. The van der Waals surface area contributed by atoms with Crippen molar-refractivity contribution in [1.29, 1.82) is 0 Å². The molecule has 1 atom stereocenters. The van der Waals surface area contributed by atoms with Crippen molar-refractivity contribution in [3.8, 4) is 0 Å². The lowest BCUT2D eigenvalue weighted by Crippen LogP contribution is -2.45. The quantitative estimate of drug-likeness (QED) is 0.524. The number of nitrogens with one attached hydrogen (secondary N) is 1. The number of rotatable bonds is 9. The van der Waals surface area contributed by atoms with E-state index in [0.717, 1.165) is 6.42 Å². The zero-order chi connectivity index (χ0) is 18.4. The van der Waals surface area contributed by atoms with Crippen LogP contribution in [0.1, 0.15) is 37.7 Å². The third-order valence-electron chi connectivity index (χ3n) is 4.26. The fourth-order valence-electron chi connectivity index (χ4n) is 1.85. The van der Waals surface area contributed by atoms with Crippen molar-refractivity contribution >= 4 is 30.8 Å². The van der Waals surface area contributed by atoms with Gasteiger partial charge in [-0.05, 0) is 24.6 Å². The Morgan fingerprint density at radius 2 is 2.04 bits per heavy atom. The van der Waals surface area contributed by atoms with Gasteiger partial charge >= 0.3 is 5.97 Å². The van der Waals surface area contributed by atoms with Gasteiger partial charge in [-0.3, -0.25) is 0 Å². The lowest BCUT2D eigenvalue weighted by Gasteiger charge is -2.39. The average molecular weight is 375 g/mol. The molecule has 138 valence electrons. The minimum atomic E-state index is -1.83. The molecule has 0 spiro atoms. The lowest BCUT2D eigenvalue weighted by atomic mass is 10.2. The smallest absolute Gasteiger partial charge is 0.357 e. The Morgan fingerprint density at radius 3 is 2.58 bits per heavy atom. The maximum Gasteiger partial charge on any atom is 0.357 e. The van der Waals surface area contributed by atoms with Crippen molar-refractivity contribution in [3.63, 3.8) is 0 Å². The summed E-state index contributed by atoms with van der Waals surface area (Å²) in [5, 5.41) is 5.80. The van der Waals surface area contributed by atoms with E-state index in [1.165, 1.54) is 18.4 Å². The van der Waals surface area contributed by atoms with Gasteiger partial charge in [0.25, 0.3) is 0 Å². The van der Waals surface area contributed by atoms with Crippen LogP contribution in [0.5, 0.6) is 0 Å². The Kier molecular flexibility index (Phi) is 7.85. The maximum absolute atomic E-state index is 11.4. The monoisotopic (exact) mass is 374 g/mol. The molecule has 0 bridgehead atoms. The number of anilines is 1. The van der Waals surface area contributed by atoms with Crippen LogP contribution in [0.15, 0.2) is 5.38 Å². The molecule has 0 radical (unpaired) electrons. The fourth-order valence-corrected chi connectivity index (χ4v) is 3.93. The summed E-state index contributed by atoms with van der Waals surface area (Å²) in [6.45, 7) is 12.4. The van der Waals surface area contributed by atoms with Gasteiger partial charge in [0.15, 0.2) is 19.1 Å². The van der Waals surface area contributed by atoms with Crippen molar-refractivity contribution in [2.45, 2.75) is 51.4 Å². The van der Waals surface area contributed by atoms with Crippen LogP contribution in [0.4, 0.5) is 5.13 Å². The van der Waals surface area contributed by atoms with Crippen LogP contribution in [0.3, 0.4) is 0 Å². The van der Waals surface area contributed by atoms with Gasteiger partial charge in [-0.1, -0.05) is 20.8 Å². The summed E-state index contributed by atoms with van der Waals surface area (Å²) < 4.78 is 16.4. The van der Waals surface area contributed by atoms with Gasteiger partial charge in [-0.15, -0.1) is 11.3 Å². The van der Waals surface area contributed by atoms with Crippen LogP contribution in [0, 0.1) is 0 Å². The SMILES string of the molecule is COCC(CCNc1nc(C(=O)OC)cs1)O[Si](C)(C)C(C)(C)C. The van der Waals surface area contributed by atoms with E-state index in [4.69, 9.17) is 9.16 Å². The molecular weight excluding hydrogens is 344 g/mol. The molecule has 1 heterocycles. The van der Waals surface area contributed by atoms with Crippen molar-refractivity contribution in [2.24, 2.45) is 0 Å². The largest absolute Gasteiger partial charge is 0.464 e. The van der Waals surface area contributed by atoms with E-state index in [1.807, 2.05) is 0 Å². The second kappa shape index (κ2) is 8.94. The highest BCUT2D eigenvalue weighted by Gasteiger charge is 2.39. The first-order valence-corrected chi connectivity index (χ1v) is 11.8. The second-order valence-corrected chi connectivity index (χ2v) is 12.8. The number of esters is 1. The Bertz CT molecular complexity index is 528. The van der Waals surface area contributed by atoms with E-state index in [2.05, 4.69) is 48.9 Å². The van der Waals surface area contributed by atoms with Gasteiger partial charge in [-0.25, -0.2) is 9.78 Å². The Balaban J connectivity index is 2.55. The zero-order valence-corrected chi connectivity index (χ0v) is 17.6. The van der Waals surface area contributed by atoms with Crippen LogP contribution in [-0.2, 0) is 13.9 Å². The number of carbonyl (C=O) groups excluding carboxylic acids is 1. The van der Waals surface area contributed by atoms with Crippen LogP contribution in [0.25, 0.3) is 0 Å². The van der Waals surface area contributed by atoms with Crippen molar-refractivity contribution < 1.29 is 18.7 Å². The highest BCUT2D eigenvalue weighted by Crippen LogP contribution is 2.37. The van der Waals surface area contributed by atoms with E-state index < -0.39 is 14.3 Å². The number of nitrogens with zero attached hydrogens (tertiary/aromatic N) is 1. The normalized spacial score (nSPS) is 13.6. The molecule has 0 aromatic carbocycles. The van der Waals surface area contributed by atoms with E-state index in [1.54, 1.807) is 12.5 Å². The molecule has 1 unspecified atom stereocenters. The first kappa shape index (κ1) is 21.1. The topological polar surface area (TPSA) is 69.7 Å². The van der Waals surface area contributed by atoms with Crippen LogP contribution >= 0.6 is 11.3 Å². The summed E-state index contributed by atoms with van der Waals surface area (Å²) in [7, 11) is 1.21. The minimum Gasteiger partial charge on any atom is -0.464 e. The highest BCUT2D eigenvalue weighted by atomic mass is 32.1. The number of ether oxygens (including phenoxy) is 2. The average Bonchev–Trinajstić information content (AvgIpc) is 2.94. The molecule has 1 N–H and O–H groups in total. The first-order chi connectivity index (χ1) is 11.1. The number of hydrogen-bond donors (Lipinski definition) is 1. The van der Waals surface area contributed by atoms with Crippen LogP contribution in [-0.4, -0.2) is 52.7 Å². The van der Waals surface area contributed by atoms with Crippen molar-refractivity contribution in [1.82, 2.24) is 4.98 Å². The molecule has 0 aliphatic rings. The summed E-state index contributed by atoms with van der Waals surface area (Å²) in [6.07, 6.45) is 0.858. The fraction of sp³-hybridized carbons (Fsp3) is 0.750. The van der Waals surface area contributed by atoms with E-state index in [9.17, 15) is 4.79 Å². The standard InChI is InChI=1S/C16H30N2O4SSi/c1-16(2,3)24(6,7)22-12(10-20-4)8-9-17-15-18-13(11-23-15)14(19)21-5/h11-12H,8-10H2,1-7H3,(H,17,18). The molecule has 1 rings (SSSR count). The Labute approximate surface area is 150 Å². The van der Waals surface area contributed by atoms with E-state index in [-0.39, 0.29) is 11.1 Å². The summed E-state index contributed by atoms with van der Waals surface area (Å²) >= 11 is 1.39. The van der Waals surface area contributed by atoms with Gasteiger partial charge in [0.2, 0.25) is 0 Å². The minimum absolute atomic E-state index is 0.0448. The molecule has 0 amide bonds. The van der Waals surface area contributed by atoms with Gasteiger partial charge < -0.3 is 19.2 Å². The zero-order valence-electron chi connectivity index (χ0n) is 15.8. The number of carbonyl (C=O) groups is 1. The second-order valence-electron chi connectivity index (χ2n) is 7.20. The molecule has 0 aliphatic carbocycles. The van der Waals surface area contributed by atoms with Crippen molar-refractivity contribution in [3.05, 3.63) is 11.1 Å². The number of hydrogen-bond acceptors (Lipinski definition) is 7. The lowest BCUT2D eigenvalue weighted by molar-refractivity contribution is 0.0595. The molecule has 0 fully saturated rings. The van der Waals surface area contributed by atoms with E-state index in [0.29, 0.717) is 24.0 Å². The number of methoxy groups -OCH3 is 2. The van der Waals surface area contributed by atoms with Gasteiger partial charge in [0.1, 0.15) is 0 Å². The van der Waals surface area contributed by atoms with Gasteiger partial charge in [-0.2, -0.15) is 0 Å². The Hall–Kier alpha value is -0.963. The summed E-state index contributed by atoms with van der Waals surface area (Å²) in [6, 6.07) is 0. The maximum atomic E-state index is 11.4. The van der Waals surface area contributed by atoms with Crippen LogP contribution in [0.2, 0.25) is 18.1 Å². The third-order valence-corrected chi connectivity index (χ3v) is 9.60. The predicted octanol–water partition coefficient (Wildman–Crippen LogP) is 3.77. The summed E-state index contributed by atoms with van der Waals surface area (Å²) in [4.78, 5) is 15.6. The predicted molar refractivity (Wildman–Crippen MR) is 101 cm³/mol. The molecule has 8 heteroatoms. The summed E-state index contributed by atoms with van der Waals surface area (Å²) in [5.41, 5.74) is 0.330. The first-order valence-electron chi connectivity index (χ1n) is 8.05.